The Balaban J connectivity index is 1.65. The number of nitrogens with one attached hydrogen (secondary N) is 2. The Morgan fingerprint density at radius 2 is 1.93 bits per heavy atom. The van der Waals surface area contributed by atoms with Gasteiger partial charge in [-0.2, -0.15) is 0 Å². The van der Waals surface area contributed by atoms with E-state index in [1.807, 2.05) is 35.2 Å². The number of amides is 3. The minimum Gasteiger partial charge on any atom is -0.352 e. The number of pyridine rings is 1. The van der Waals surface area contributed by atoms with Crippen molar-refractivity contribution in [2.45, 2.75) is 45.2 Å². The molecule has 29 heavy (non-hydrogen) atoms. The van der Waals surface area contributed by atoms with Gasteiger partial charge in [-0.3, -0.25) is 9.78 Å². The van der Waals surface area contributed by atoms with Crippen molar-refractivity contribution in [3.63, 3.8) is 0 Å². The van der Waals surface area contributed by atoms with Crippen molar-refractivity contribution in [2.75, 3.05) is 13.1 Å². The lowest BCUT2D eigenvalue weighted by molar-refractivity contribution is -0.126. The molecule has 1 aliphatic heterocycles. The molecule has 1 aliphatic rings. The summed E-state index contributed by atoms with van der Waals surface area (Å²) in [5.41, 5.74) is 2.08. The molecule has 2 N–H and O–H groups in total. The number of hydrogen-bond donors (Lipinski definition) is 2. The maximum Gasteiger partial charge on any atom is 0.317 e. The van der Waals surface area contributed by atoms with Crippen molar-refractivity contribution in [3.05, 3.63) is 66.0 Å². The third-order valence-electron chi connectivity index (χ3n) is 5.39. The molecule has 1 saturated heterocycles. The maximum absolute atomic E-state index is 12.9. The van der Waals surface area contributed by atoms with Crippen LogP contribution in [-0.4, -0.2) is 34.9 Å². The topological polar surface area (TPSA) is 74.3 Å². The van der Waals surface area contributed by atoms with Gasteiger partial charge in [-0.25, -0.2) is 4.79 Å². The molecule has 154 valence electrons. The number of unbranched alkanes of at least 4 members (excludes halogenated alkanes) is 1. The molecule has 2 unspecified atom stereocenters. The van der Waals surface area contributed by atoms with Crippen LogP contribution in [0.15, 0.2) is 54.9 Å². The minimum absolute atomic E-state index is 0.000185. The Hall–Kier alpha value is -2.89. The molecule has 0 spiro atoms. The highest BCUT2D eigenvalue weighted by Crippen LogP contribution is 2.33. The molecule has 0 saturated carbocycles. The van der Waals surface area contributed by atoms with Crippen molar-refractivity contribution in [1.82, 2.24) is 20.5 Å². The molecule has 2 aromatic rings. The first-order valence-corrected chi connectivity index (χ1v) is 10.4. The first kappa shape index (κ1) is 20.8. The lowest BCUT2D eigenvalue weighted by Gasteiger charge is -2.39. The summed E-state index contributed by atoms with van der Waals surface area (Å²) in [6.45, 7) is 3.64. The quantitative estimate of drug-likeness (QED) is 0.704. The summed E-state index contributed by atoms with van der Waals surface area (Å²) in [6, 6.07) is 13.8. The second kappa shape index (κ2) is 10.6. The molecule has 1 aromatic heterocycles. The number of rotatable bonds is 7. The van der Waals surface area contributed by atoms with Gasteiger partial charge >= 0.3 is 6.03 Å². The third-order valence-corrected chi connectivity index (χ3v) is 5.39. The lowest BCUT2D eigenvalue weighted by atomic mass is 9.88. The number of hydrogen-bond acceptors (Lipinski definition) is 3. The highest BCUT2D eigenvalue weighted by Gasteiger charge is 2.35. The van der Waals surface area contributed by atoms with Crippen molar-refractivity contribution in [2.24, 2.45) is 5.92 Å². The lowest BCUT2D eigenvalue weighted by Crippen LogP contribution is -2.50. The van der Waals surface area contributed by atoms with Gasteiger partial charge in [-0.1, -0.05) is 49.7 Å². The predicted octanol–water partition coefficient (Wildman–Crippen LogP) is 3.66. The number of carbonyl (C=O) groups is 2. The van der Waals surface area contributed by atoms with Crippen LogP contribution in [-0.2, 0) is 11.3 Å². The Morgan fingerprint density at radius 3 is 2.66 bits per heavy atom. The van der Waals surface area contributed by atoms with Crippen molar-refractivity contribution in [1.29, 1.82) is 0 Å². The largest absolute Gasteiger partial charge is 0.352 e. The summed E-state index contributed by atoms with van der Waals surface area (Å²) in [5.74, 6) is -0.213. The van der Waals surface area contributed by atoms with E-state index < -0.39 is 0 Å². The summed E-state index contributed by atoms with van der Waals surface area (Å²) < 4.78 is 0. The minimum atomic E-state index is -0.205. The van der Waals surface area contributed by atoms with Crippen LogP contribution in [0.1, 0.15) is 49.8 Å². The average molecular weight is 395 g/mol. The third kappa shape index (κ3) is 5.79. The summed E-state index contributed by atoms with van der Waals surface area (Å²) >= 11 is 0. The highest BCUT2D eigenvalue weighted by molar-refractivity contribution is 5.81. The van der Waals surface area contributed by atoms with Gasteiger partial charge in [-0.05, 0) is 36.5 Å². The zero-order valence-corrected chi connectivity index (χ0v) is 17.0. The molecular formula is C23H30N4O2. The molecule has 6 nitrogen and oxygen atoms in total. The van der Waals surface area contributed by atoms with Crippen LogP contribution in [0, 0.1) is 5.92 Å². The predicted molar refractivity (Wildman–Crippen MR) is 113 cm³/mol. The van der Waals surface area contributed by atoms with Gasteiger partial charge < -0.3 is 15.5 Å². The van der Waals surface area contributed by atoms with E-state index in [0.717, 1.165) is 36.8 Å². The van der Waals surface area contributed by atoms with E-state index in [2.05, 4.69) is 34.7 Å². The molecule has 1 aromatic carbocycles. The standard InChI is InChI=1S/C23H30N4O2/c1-2-3-14-25-23(29)27-17-20(11-12-21(27)19-9-5-4-6-10-19)22(28)26-16-18-8-7-13-24-15-18/h4-10,13,15,20-21H,2-3,11-12,14,16-17H2,1H3,(H,25,29)(H,26,28). The van der Waals surface area contributed by atoms with Gasteiger partial charge in [0.1, 0.15) is 0 Å². The number of piperidine rings is 1. The number of benzene rings is 1. The van der Waals surface area contributed by atoms with E-state index in [4.69, 9.17) is 0 Å². The molecule has 1 fully saturated rings. The smallest absolute Gasteiger partial charge is 0.317 e. The molecule has 2 heterocycles. The van der Waals surface area contributed by atoms with E-state index in [-0.39, 0.29) is 23.9 Å². The first-order chi connectivity index (χ1) is 14.2. The van der Waals surface area contributed by atoms with Gasteiger partial charge in [0.05, 0.1) is 12.0 Å². The Kier molecular flexibility index (Phi) is 7.61. The zero-order valence-electron chi connectivity index (χ0n) is 17.0. The van der Waals surface area contributed by atoms with Crippen LogP contribution in [0.5, 0.6) is 0 Å². The fraction of sp³-hybridized carbons (Fsp3) is 0.435. The monoisotopic (exact) mass is 394 g/mol. The van der Waals surface area contributed by atoms with Crippen molar-refractivity contribution < 1.29 is 9.59 Å². The Labute approximate surface area is 172 Å². The number of carbonyl (C=O) groups excluding carboxylic acids is 2. The maximum atomic E-state index is 12.9. The van der Waals surface area contributed by atoms with Crippen LogP contribution in [0.25, 0.3) is 0 Å². The number of aromatic nitrogens is 1. The molecule has 3 rings (SSSR count). The molecule has 0 bridgehead atoms. The summed E-state index contributed by atoms with van der Waals surface area (Å²) in [6.07, 6.45) is 6.98. The van der Waals surface area contributed by atoms with Gasteiger partial charge in [0.15, 0.2) is 0 Å². The molecule has 0 aliphatic carbocycles. The van der Waals surface area contributed by atoms with Gasteiger partial charge in [0, 0.05) is 32.0 Å². The average Bonchev–Trinajstić information content (AvgIpc) is 2.78. The van der Waals surface area contributed by atoms with Crippen LogP contribution in [0.3, 0.4) is 0 Å². The molecule has 6 heteroatoms. The van der Waals surface area contributed by atoms with Crippen LogP contribution < -0.4 is 10.6 Å². The van der Waals surface area contributed by atoms with Gasteiger partial charge in [0.25, 0.3) is 0 Å². The zero-order chi connectivity index (χ0) is 20.5. The molecule has 2 atom stereocenters. The number of nitrogens with zero attached hydrogens (tertiary/aromatic N) is 2. The van der Waals surface area contributed by atoms with Crippen molar-refractivity contribution >= 4 is 11.9 Å². The second-order valence-electron chi connectivity index (χ2n) is 7.52. The Morgan fingerprint density at radius 1 is 1.10 bits per heavy atom. The summed E-state index contributed by atoms with van der Waals surface area (Å²) in [5, 5.41) is 6.02. The van der Waals surface area contributed by atoms with Crippen molar-refractivity contribution in [3.8, 4) is 0 Å². The first-order valence-electron chi connectivity index (χ1n) is 10.4. The van der Waals surface area contributed by atoms with Gasteiger partial charge in [-0.15, -0.1) is 0 Å². The molecule has 0 radical (unpaired) electrons. The fourth-order valence-electron chi connectivity index (χ4n) is 3.74. The second-order valence-corrected chi connectivity index (χ2v) is 7.52. The molecular weight excluding hydrogens is 364 g/mol. The van der Waals surface area contributed by atoms with E-state index in [9.17, 15) is 9.59 Å². The fourth-order valence-corrected chi connectivity index (χ4v) is 3.74. The molecule has 3 amide bonds. The number of likely N-dealkylation sites (tertiary alicyclic amines) is 1. The van der Waals surface area contributed by atoms with E-state index in [1.54, 1.807) is 12.4 Å². The van der Waals surface area contributed by atoms with E-state index >= 15 is 0 Å². The Bertz CT molecular complexity index is 782. The number of urea groups is 1. The van der Waals surface area contributed by atoms with E-state index in [1.165, 1.54) is 0 Å². The van der Waals surface area contributed by atoms with Crippen LogP contribution in [0.2, 0.25) is 0 Å². The van der Waals surface area contributed by atoms with Crippen LogP contribution in [0.4, 0.5) is 4.79 Å². The summed E-state index contributed by atoms with van der Waals surface area (Å²) in [4.78, 5) is 31.5. The normalized spacial score (nSPS) is 18.9. The van der Waals surface area contributed by atoms with E-state index in [0.29, 0.717) is 19.6 Å². The summed E-state index contributed by atoms with van der Waals surface area (Å²) in [7, 11) is 0. The van der Waals surface area contributed by atoms with Crippen LogP contribution >= 0.6 is 0 Å². The van der Waals surface area contributed by atoms with Gasteiger partial charge in [0.2, 0.25) is 5.91 Å². The highest BCUT2D eigenvalue weighted by atomic mass is 16.2. The SMILES string of the molecule is CCCCNC(=O)N1CC(C(=O)NCc2cccnc2)CCC1c1ccccc1.